The first-order chi connectivity index (χ1) is 14.6. The third-order valence-corrected chi connectivity index (χ3v) is 5.50. The van der Waals surface area contributed by atoms with Gasteiger partial charge in [0.25, 0.3) is 5.56 Å². The van der Waals surface area contributed by atoms with E-state index in [2.05, 4.69) is 24.9 Å². The highest BCUT2D eigenvalue weighted by Crippen LogP contribution is 2.22. The van der Waals surface area contributed by atoms with Crippen LogP contribution in [-0.2, 0) is 5.75 Å². The second-order valence-electron chi connectivity index (χ2n) is 5.77. The van der Waals surface area contributed by atoms with Crippen molar-refractivity contribution in [2.45, 2.75) is 5.75 Å². The number of nitrogens with two attached hydrogens (primary N) is 1. The summed E-state index contributed by atoms with van der Waals surface area (Å²) in [7, 11) is 0. The van der Waals surface area contributed by atoms with Crippen LogP contribution in [0.2, 0.25) is 5.02 Å². The van der Waals surface area contributed by atoms with Crippen molar-refractivity contribution in [3.8, 4) is 11.9 Å². The molecule has 4 aromatic rings. The monoisotopic (exact) mass is 454 g/mol. The van der Waals surface area contributed by atoms with E-state index in [0.29, 0.717) is 33.3 Å². The van der Waals surface area contributed by atoms with Gasteiger partial charge in [-0.05, 0) is 12.1 Å². The molecule has 0 saturated carbocycles. The first-order valence-electron chi connectivity index (χ1n) is 8.34. The van der Waals surface area contributed by atoms with Crippen LogP contribution < -0.4 is 11.3 Å². The first-order valence-corrected chi connectivity index (χ1v) is 10.7. The fourth-order valence-electron chi connectivity index (χ4n) is 2.65. The molecule has 3 heterocycles. The topological polar surface area (TPSA) is 136 Å². The van der Waals surface area contributed by atoms with Crippen molar-refractivity contribution in [1.82, 2.24) is 24.5 Å². The van der Waals surface area contributed by atoms with Crippen molar-refractivity contribution in [1.29, 1.82) is 5.26 Å². The highest BCUT2D eigenvalue weighted by atomic mass is 35.5. The Hall–Kier alpha value is -3.33. The molecule has 0 unspecified atom stereocenters. The van der Waals surface area contributed by atoms with Gasteiger partial charge in [-0.15, -0.1) is 23.1 Å². The number of nitrogens with zero attached hydrogens (tertiary/aromatic N) is 7. The summed E-state index contributed by atoms with van der Waals surface area (Å²) in [6.07, 6.45) is 1.31. The molecule has 2 N–H and O–H groups in total. The van der Waals surface area contributed by atoms with Crippen molar-refractivity contribution in [3.05, 3.63) is 62.1 Å². The normalized spacial score (nSPS) is 11.2. The number of thiazole rings is 1. The zero-order valence-corrected chi connectivity index (χ0v) is 17.4. The molecule has 0 bridgehead atoms. The molecule has 0 spiro atoms. The Labute approximate surface area is 182 Å². The molecule has 0 atom stereocenters. The molecule has 12 heteroatoms. The van der Waals surface area contributed by atoms with Crippen LogP contribution in [0.3, 0.4) is 0 Å². The van der Waals surface area contributed by atoms with Gasteiger partial charge in [-0.2, -0.15) is 10.2 Å². The van der Waals surface area contributed by atoms with Gasteiger partial charge in [0, 0.05) is 5.38 Å². The standard InChI is InChI=1S/C18H11ClN8OS2/c19-11-2-1-3-12-15(11)17(28)27(13-6-29-8-23-13)14(25-12)7-30-9-24-16-10(4-20)5-22-18(21)26-16/h1-3,5-6,8-9H,7H2,(H2,21,22,26)/b24-9+. The molecule has 0 aliphatic carbocycles. The first kappa shape index (κ1) is 20.0. The summed E-state index contributed by atoms with van der Waals surface area (Å²) in [4.78, 5) is 33.9. The number of thioether (sulfide) groups is 1. The lowest BCUT2D eigenvalue weighted by molar-refractivity contribution is 0.863. The van der Waals surface area contributed by atoms with Gasteiger partial charge in [0.2, 0.25) is 5.95 Å². The average molecular weight is 455 g/mol. The van der Waals surface area contributed by atoms with Gasteiger partial charge in [0.05, 0.1) is 38.9 Å². The highest BCUT2D eigenvalue weighted by molar-refractivity contribution is 8.11. The predicted molar refractivity (Wildman–Crippen MR) is 119 cm³/mol. The maximum absolute atomic E-state index is 13.1. The summed E-state index contributed by atoms with van der Waals surface area (Å²) >= 11 is 8.89. The summed E-state index contributed by atoms with van der Waals surface area (Å²) in [6.45, 7) is 0. The van der Waals surface area contributed by atoms with E-state index in [9.17, 15) is 4.79 Å². The van der Waals surface area contributed by atoms with E-state index >= 15 is 0 Å². The molecule has 0 amide bonds. The second-order valence-corrected chi connectivity index (χ2v) is 7.73. The van der Waals surface area contributed by atoms with Gasteiger partial charge in [-0.25, -0.2) is 24.5 Å². The van der Waals surface area contributed by atoms with E-state index in [1.54, 1.807) is 29.1 Å². The number of hydrogen-bond acceptors (Lipinski definition) is 10. The SMILES string of the molecule is N#Cc1cnc(N)nc1/N=C/SCc1nc2cccc(Cl)c2c(=O)n1-c1cscn1. The van der Waals surface area contributed by atoms with Crippen molar-refractivity contribution >= 4 is 62.9 Å². The Morgan fingerprint density at radius 2 is 2.23 bits per heavy atom. The van der Waals surface area contributed by atoms with Crippen molar-refractivity contribution in [2.24, 2.45) is 4.99 Å². The van der Waals surface area contributed by atoms with Gasteiger partial charge >= 0.3 is 0 Å². The number of fused-ring (bicyclic) bond motifs is 1. The molecule has 1 aromatic carbocycles. The summed E-state index contributed by atoms with van der Waals surface area (Å²) in [5.74, 6) is 1.48. The lowest BCUT2D eigenvalue weighted by Gasteiger charge is -2.11. The summed E-state index contributed by atoms with van der Waals surface area (Å²) in [5, 5.41) is 11.6. The fraction of sp³-hybridized carbons (Fsp3) is 0.0556. The fourth-order valence-corrected chi connectivity index (χ4v) is 4.01. The van der Waals surface area contributed by atoms with Gasteiger partial charge in [-0.1, -0.05) is 17.7 Å². The van der Waals surface area contributed by atoms with Crippen molar-refractivity contribution in [3.63, 3.8) is 0 Å². The van der Waals surface area contributed by atoms with E-state index in [-0.39, 0.29) is 22.9 Å². The maximum atomic E-state index is 13.1. The van der Waals surface area contributed by atoms with Crippen LogP contribution in [0.4, 0.5) is 11.8 Å². The summed E-state index contributed by atoms with van der Waals surface area (Å²) in [6, 6.07) is 7.09. The lowest BCUT2D eigenvalue weighted by atomic mass is 10.2. The molecule has 0 radical (unpaired) electrons. The lowest BCUT2D eigenvalue weighted by Crippen LogP contribution is -2.24. The molecule has 148 valence electrons. The number of rotatable bonds is 5. The van der Waals surface area contributed by atoms with Gasteiger partial charge in [0.15, 0.2) is 11.6 Å². The molecule has 9 nitrogen and oxygen atoms in total. The van der Waals surface area contributed by atoms with Gasteiger partial charge < -0.3 is 5.73 Å². The third kappa shape index (κ3) is 3.88. The van der Waals surface area contributed by atoms with Crippen molar-refractivity contribution < 1.29 is 0 Å². The molecule has 0 saturated heterocycles. The number of anilines is 1. The van der Waals surface area contributed by atoms with Crippen LogP contribution in [0.1, 0.15) is 11.4 Å². The smallest absolute Gasteiger partial charge is 0.268 e. The molecule has 0 aliphatic heterocycles. The van der Waals surface area contributed by atoms with Gasteiger partial charge in [-0.3, -0.25) is 4.79 Å². The molecule has 3 aromatic heterocycles. The summed E-state index contributed by atoms with van der Waals surface area (Å²) in [5.41, 5.74) is 9.13. The van der Waals surface area contributed by atoms with Crippen LogP contribution in [0.25, 0.3) is 16.7 Å². The minimum Gasteiger partial charge on any atom is -0.368 e. The summed E-state index contributed by atoms with van der Waals surface area (Å²) < 4.78 is 1.44. The minimum atomic E-state index is -0.292. The molecule has 0 fully saturated rings. The van der Waals surface area contributed by atoms with E-state index in [1.165, 1.54) is 39.4 Å². The number of nitrogen functional groups attached to an aromatic ring is 1. The number of aliphatic imine (C=N–C) groups is 1. The third-order valence-electron chi connectivity index (χ3n) is 3.93. The Kier molecular flexibility index (Phi) is 5.71. The Balaban J connectivity index is 1.70. The Bertz CT molecular complexity index is 1360. The Morgan fingerprint density at radius 1 is 1.37 bits per heavy atom. The van der Waals surface area contributed by atoms with E-state index in [0.717, 1.165) is 0 Å². The number of nitriles is 1. The number of halogens is 1. The van der Waals surface area contributed by atoms with Crippen molar-refractivity contribution in [2.75, 3.05) is 5.73 Å². The van der Waals surface area contributed by atoms with Gasteiger partial charge in [0.1, 0.15) is 17.5 Å². The zero-order valence-electron chi connectivity index (χ0n) is 15.1. The average Bonchev–Trinajstić information content (AvgIpc) is 3.25. The largest absolute Gasteiger partial charge is 0.368 e. The van der Waals surface area contributed by atoms with Crippen LogP contribution >= 0.6 is 34.7 Å². The van der Waals surface area contributed by atoms with E-state index < -0.39 is 0 Å². The number of benzene rings is 1. The molecule has 4 rings (SSSR count). The second kappa shape index (κ2) is 8.58. The van der Waals surface area contributed by atoms with E-state index in [4.69, 9.17) is 22.6 Å². The maximum Gasteiger partial charge on any atom is 0.268 e. The predicted octanol–water partition coefficient (Wildman–Crippen LogP) is 3.33. The molecule has 0 aliphatic rings. The molecular weight excluding hydrogens is 444 g/mol. The minimum absolute atomic E-state index is 0.0246. The van der Waals surface area contributed by atoms with Crippen LogP contribution in [0, 0.1) is 11.3 Å². The number of aromatic nitrogens is 5. The van der Waals surface area contributed by atoms with Crippen LogP contribution in [0.5, 0.6) is 0 Å². The van der Waals surface area contributed by atoms with Crippen LogP contribution in [-0.4, -0.2) is 30.0 Å². The Morgan fingerprint density at radius 3 is 3.00 bits per heavy atom. The number of hydrogen-bond donors (Lipinski definition) is 1. The zero-order chi connectivity index (χ0) is 21.1. The highest BCUT2D eigenvalue weighted by Gasteiger charge is 2.16. The molecule has 30 heavy (non-hydrogen) atoms. The van der Waals surface area contributed by atoms with E-state index in [1.807, 2.05) is 6.07 Å². The van der Waals surface area contributed by atoms with Crippen LogP contribution in [0.15, 0.2) is 45.1 Å². The quantitative estimate of drug-likeness (QED) is 0.358. The molecular formula is C18H11ClN8OS2.